The number of nitrogens with zero attached hydrogens (tertiary/aromatic N) is 2. The number of aliphatic carboxylic acids is 1. The van der Waals surface area contributed by atoms with Crippen LogP contribution in [0.15, 0.2) is 91.0 Å². The number of rotatable bonds is 17. The average Bonchev–Trinajstić information content (AvgIpc) is 3.66. The van der Waals surface area contributed by atoms with Gasteiger partial charge in [0.05, 0.1) is 12.6 Å². The molecule has 13 nitrogen and oxygen atoms in total. The molecule has 0 bridgehead atoms. The Morgan fingerprint density at radius 3 is 2.04 bits per heavy atom. The van der Waals surface area contributed by atoms with Crippen LogP contribution in [0.2, 0.25) is 0 Å². The molecule has 1 aliphatic heterocycles. The number of carboxylic acid groups (broad SMARTS) is 1. The minimum atomic E-state index is -1.24. The van der Waals surface area contributed by atoms with Crippen LogP contribution in [0, 0.1) is 0 Å². The molecule has 3 atom stereocenters. The summed E-state index contributed by atoms with van der Waals surface area (Å²) in [4.78, 5) is 80.4. The lowest BCUT2D eigenvalue weighted by Gasteiger charge is -2.32. The molecule has 13 heteroatoms. The Hall–Kier alpha value is -5.72. The van der Waals surface area contributed by atoms with E-state index in [4.69, 9.17) is 9.47 Å². The fraction of sp³-hybridized carbons (Fsp3) is 0.368. The fourth-order valence-electron chi connectivity index (χ4n) is 5.68. The van der Waals surface area contributed by atoms with Crippen LogP contribution in [0.3, 0.4) is 0 Å². The van der Waals surface area contributed by atoms with Gasteiger partial charge in [-0.05, 0) is 62.3 Å². The molecule has 0 aliphatic carbocycles. The Morgan fingerprint density at radius 1 is 0.843 bits per heavy atom. The van der Waals surface area contributed by atoms with Crippen molar-refractivity contribution >= 4 is 35.8 Å². The Kier molecular flexibility index (Phi) is 14.5. The van der Waals surface area contributed by atoms with Gasteiger partial charge in [-0.1, -0.05) is 78.9 Å². The maximum atomic E-state index is 13.9. The number of benzene rings is 3. The molecule has 3 aromatic rings. The Labute approximate surface area is 296 Å². The van der Waals surface area contributed by atoms with E-state index in [1.165, 1.54) is 11.8 Å². The van der Waals surface area contributed by atoms with Crippen LogP contribution in [0.5, 0.6) is 0 Å². The lowest BCUT2D eigenvalue weighted by Crippen LogP contribution is -2.55. The van der Waals surface area contributed by atoms with Gasteiger partial charge < -0.3 is 30.1 Å². The number of ketones is 1. The van der Waals surface area contributed by atoms with Gasteiger partial charge in [-0.2, -0.15) is 0 Å². The quantitative estimate of drug-likeness (QED) is 0.171. The van der Waals surface area contributed by atoms with Crippen LogP contribution in [-0.2, 0) is 37.1 Å². The SMILES string of the molecule is C[C@@H](C(=O)N1CCC[C@H]1C(=O)O)N(CC(=O)C(CCCCNC(=O)OCc1ccccc1)NC(=O)c1ccccc1)C(=O)OCc1ccccc1. The summed E-state index contributed by atoms with van der Waals surface area (Å²) in [7, 11) is 0. The highest BCUT2D eigenvalue weighted by molar-refractivity contribution is 5.99. The summed E-state index contributed by atoms with van der Waals surface area (Å²) < 4.78 is 10.8. The number of ether oxygens (including phenoxy) is 2. The highest BCUT2D eigenvalue weighted by Crippen LogP contribution is 2.21. The minimum absolute atomic E-state index is 0.120. The van der Waals surface area contributed by atoms with Gasteiger partial charge in [0, 0.05) is 18.7 Å². The first-order chi connectivity index (χ1) is 24.6. The Morgan fingerprint density at radius 2 is 1.43 bits per heavy atom. The molecule has 3 N–H and O–H groups in total. The molecular formula is C38H44N4O9. The molecule has 0 spiro atoms. The van der Waals surface area contributed by atoms with Crippen molar-refractivity contribution < 1.29 is 43.3 Å². The van der Waals surface area contributed by atoms with Gasteiger partial charge in [0.2, 0.25) is 5.91 Å². The highest BCUT2D eigenvalue weighted by atomic mass is 16.6. The predicted molar refractivity (Wildman–Crippen MR) is 186 cm³/mol. The Balaban J connectivity index is 1.44. The van der Waals surface area contributed by atoms with Gasteiger partial charge in [-0.15, -0.1) is 0 Å². The van der Waals surface area contributed by atoms with Gasteiger partial charge >= 0.3 is 18.2 Å². The number of hydrogen-bond acceptors (Lipinski definition) is 8. The summed E-state index contributed by atoms with van der Waals surface area (Å²) in [5.74, 6) is -2.83. The first-order valence-corrected chi connectivity index (χ1v) is 17.0. The van der Waals surface area contributed by atoms with Crippen LogP contribution in [0.1, 0.15) is 60.5 Å². The number of Topliss-reactive ketones (excluding diaryl/α,β-unsaturated/α-hetero) is 1. The van der Waals surface area contributed by atoms with Crippen LogP contribution in [0.4, 0.5) is 9.59 Å². The maximum Gasteiger partial charge on any atom is 0.411 e. The molecule has 0 radical (unpaired) electrons. The standard InChI is InChI=1S/C38H44N4O9/c1-27(35(45)41-23-13-21-32(41)36(46)47)42(38(49)51-26-29-16-7-3-8-17-29)24-33(43)31(40-34(44)30-18-9-4-10-19-30)20-11-12-22-39-37(48)50-25-28-14-5-2-6-15-28/h2-10,14-19,27,31-32H,11-13,20-26H2,1H3,(H,39,48)(H,40,44)(H,46,47)/t27-,31?,32-/m0/s1. The normalized spacial score (nSPS) is 14.8. The largest absolute Gasteiger partial charge is 0.480 e. The molecule has 1 unspecified atom stereocenters. The number of carbonyl (C=O) groups is 6. The highest BCUT2D eigenvalue weighted by Gasteiger charge is 2.40. The summed E-state index contributed by atoms with van der Waals surface area (Å²) >= 11 is 0. The number of carbonyl (C=O) groups excluding carboxylic acids is 5. The van der Waals surface area contributed by atoms with Crippen molar-refractivity contribution in [1.82, 2.24) is 20.4 Å². The third-order valence-electron chi connectivity index (χ3n) is 8.54. The molecule has 4 rings (SSSR count). The minimum Gasteiger partial charge on any atom is -0.480 e. The molecule has 1 saturated heterocycles. The van der Waals surface area contributed by atoms with Crippen molar-refractivity contribution in [3.63, 3.8) is 0 Å². The molecule has 4 amide bonds. The Bertz CT molecular complexity index is 1620. The van der Waals surface area contributed by atoms with Gasteiger partial charge in [-0.25, -0.2) is 14.4 Å². The summed E-state index contributed by atoms with van der Waals surface area (Å²) in [6.07, 6.45) is 0.264. The van der Waals surface area contributed by atoms with Crippen molar-refractivity contribution in [2.24, 2.45) is 0 Å². The van der Waals surface area contributed by atoms with Crippen LogP contribution in [0.25, 0.3) is 0 Å². The maximum absolute atomic E-state index is 13.9. The fourth-order valence-corrected chi connectivity index (χ4v) is 5.68. The molecular weight excluding hydrogens is 656 g/mol. The van der Waals surface area contributed by atoms with Crippen molar-refractivity contribution in [1.29, 1.82) is 0 Å². The molecule has 51 heavy (non-hydrogen) atoms. The van der Waals surface area contributed by atoms with Crippen molar-refractivity contribution in [2.45, 2.75) is 70.4 Å². The van der Waals surface area contributed by atoms with E-state index in [9.17, 15) is 33.9 Å². The van der Waals surface area contributed by atoms with Gasteiger partial charge in [-0.3, -0.25) is 19.3 Å². The number of amides is 4. The molecule has 0 saturated carbocycles. The number of carboxylic acids is 1. The third kappa shape index (κ3) is 11.7. The summed E-state index contributed by atoms with van der Waals surface area (Å²) in [6, 6.07) is 23.1. The monoisotopic (exact) mass is 700 g/mol. The summed E-state index contributed by atoms with van der Waals surface area (Å²) in [5, 5.41) is 15.1. The van der Waals surface area contributed by atoms with E-state index in [1.54, 1.807) is 54.6 Å². The number of likely N-dealkylation sites (tertiary alicyclic amines) is 1. The number of unbranched alkanes of at least 4 members (excludes halogenated alkanes) is 1. The number of hydrogen-bond donors (Lipinski definition) is 3. The smallest absolute Gasteiger partial charge is 0.411 e. The molecule has 1 aliphatic rings. The van der Waals surface area contributed by atoms with E-state index in [-0.39, 0.29) is 39.1 Å². The molecule has 3 aromatic carbocycles. The zero-order valence-corrected chi connectivity index (χ0v) is 28.6. The van der Waals surface area contributed by atoms with Gasteiger partial charge in [0.25, 0.3) is 5.91 Å². The van der Waals surface area contributed by atoms with Crippen molar-refractivity contribution in [3.8, 4) is 0 Å². The first kappa shape index (κ1) is 38.1. The predicted octanol–water partition coefficient (Wildman–Crippen LogP) is 4.55. The zero-order chi connectivity index (χ0) is 36.6. The topological polar surface area (TPSA) is 172 Å². The lowest BCUT2D eigenvalue weighted by molar-refractivity contribution is -0.150. The van der Waals surface area contributed by atoms with E-state index in [0.29, 0.717) is 30.4 Å². The van der Waals surface area contributed by atoms with E-state index < -0.39 is 60.4 Å². The van der Waals surface area contributed by atoms with Crippen LogP contribution in [-0.4, -0.2) is 88.4 Å². The van der Waals surface area contributed by atoms with Crippen LogP contribution >= 0.6 is 0 Å². The van der Waals surface area contributed by atoms with Gasteiger partial charge in [0.15, 0.2) is 5.78 Å². The van der Waals surface area contributed by atoms with Gasteiger partial charge in [0.1, 0.15) is 25.3 Å². The third-order valence-corrected chi connectivity index (χ3v) is 8.54. The van der Waals surface area contributed by atoms with E-state index in [0.717, 1.165) is 10.5 Å². The number of alkyl carbamates (subject to hydrolysis) is 1. The lowest BCUT2D eigenvalue weighted by atomic mass is 10.0. The van der Waals surface area contributed by atoms with Crippen LogP contribution < -0.4 is 10.6 Å². The summed E-state index contributed by atoms with van der Waals surface area (Å²) in [6.45, 7) is 1.29. The van der Waals surface area contributed by atoms with E-state index in [1.807, 2.05) is 36.4 Å². The molecule has 270 valence electrons. The van der Waals surface area contributed by atoms with Crippen molar-refractivity contribution in [2.75, 3.05) is 19.6 Å². The van der Waals surface area contributed by atoms with E-state index >= 15 is 0 Å². The van der Waals surface area contributed by atoms with Crippen molar-refractivity contribution in [3.05, 3.63) is 108 Å². The van der Waals surface area contributed by atoms with E-state index in [2.05, 4.69) is 10.6 Å². The molecule has 1 fully saturated rings. The average molecular weight is 701 g/mol. The second-order valence-corrected chi connectivity index (χ2v) is 12.2. The second kappa shape index (κ2) is 19.5. The second-order valence-electron chi connectivity index (χ2n) is 12.2. The number of nitrogens with one attached hydrogen (secondary N) is 2. The molecule has 0 aromatic heterocycles. The molecule has 1 heterocycles. The zero-order valence-electron chi connectivity index (χ0n) is 28.6. The summed E-state index contributed by atoms with van der Waals surface area (Å²) in [5.41, 5.74) is 1.86. The first-order valence-electron chi connectivity index (χ1n) is 17.0.